The molecule has 0 radical (unpaired) electrons. The average Bonchev–Trinajstić information content (AvgIpc) is 2.93. The van der Waals surface area contributed by atoms with Crippen LogP contribution in [-0.2, 0) is 20.9 Å². The van der Waals surface area contributed by atoms with E-state index in [1.807, 2.05) is 39.0 Å². The van der Waals surface area contributed by atoms with Gasteiger partial charge in [0.05, 0.1) is 6.42 Å². The third kappa shape index (κ3) is 4.11. The molecule has 1 aliphatic carbocycles. The second-order valence-electron chi connectivity index (χ2n) is 8.80. The Morgan fingerprint density at radius 3 is 2.58 bits per heavy atom. The van der Waals surface area contributed by atoms with Crippen molar-refractivity contribution in [2.24, 2.45) is 5.92 Å². The van der Waals surface area contributed by atoms with Gasteiger partial charge in [-0.1, -0.05) is 36.8 Å². The van der Waals surface area contributed by atoms with Crippen LogP contribution in [0.1, 0.15) is 71.3 Å². The largest absolute Gasteiger partial charge is 0.460 e. The predicted molar refractivity (Wildman–Crippen MR) is 101 cm³/mol. The number of esters is 1. The lowest BCUT2D eigenvalue weighted by atomic mass is 9.76. The van der Waals surface area contributed by atoms with Crippen LogP contribution in [0.25, 0.3) is 0 Å². The Balaban J connectivity index is 1.81. The first-order valence-corrected chi connectivity index (χ1v) is 9.86. The van der Waals surface area contributed by atoms with Crippen molar-refractivity contribution in [2.75, 3.05) is 0 Å². The van der Waals surface area contributed by atoms with Gasteiger partial charge in [0.2, 0.25) is 5.91 Å². The highest BCUT2D eigenvalue weighted by atomic mass is 16.6. The molecule has 2 fully saturated rings. The summed E-state index contributed by atoms with van der Waals surface area (Å²) in [6.07, 6.45) is 6.03. The second-order valence-corrected chi connectivity index (χ2v) is 8.80. The number of benzene rings is 1. The van der Waals surface area contributed by atoms with Gasteiger partial charge in [0.1, 0.15) is 5.60 Å². The molecule has 0 bridgehead atoms. The minimum atomic E-state index is -0.463. The summed E-state index contributed by atoms with van der Waals surface area (Å²) in [7, 11) is 0. The molecule has 2 atom stereocenters. The van der Waals surface area contributed by atoms with Crippen molar-refractivity contribution in [3.8, 4) is 0 Å². The van der Waals surface area contributed by atoms with Crippen LogP contribution in [0.5, 0.6) is 0 Å². The van der Waals surface area contributed by atoms with Crippen LogP contribution >= 0.6 is 0 Å². The van der Waals surface area contributed by atoms with E-state index in [4.69, 9.17) is 4.74 Å². The van der Waals surface area contributed by atoms with E-state index in [-0.39, 0.29) is 23.3 Å². The summed E-state index contributed by atoms with van der Waals surface area (Å²) in [5.74, 6) is 0.294. The molecule has 1 aromatic carbocycles. The van der Waals surface area contributed by atoms with Gasteiger partial charge in [0, 0.05) is 18.5 Å². The lowest BCUT2D eigenvalue weighted by Gasteiger charge is -2.49. The molecule has 4 nitrogen and oxygen atoms in total. The van der Waals surface area contributed by atoms with Crippen LogP contribution in [0.3, 0.4) is 0 Å². The third-order valence-corrected chi connectivity index (χ3v) is 5.78. The molecule has 1 amide bonds. The van der Waals surface area contributed by atoms with Crippen molar-refractivity contribution in [2.45, 2.75) is 83.4 Å². The van der Waals surface area contributed by atoms with Crippen LogP contribution in [0.2, 0.25) is 0 Å². The number of hydrogen-bond donors (Lipinski definition) is 0. The molecule has 0 N–H and O–H groups in total. The Labute approximate surface area is 156 Å². The average molecular weight is 357 g/mol. The third-order valence-electron chi connectivity index (χ3n) is 5.78. The maximum absolute atomic E-state index is 12.8. The highest BCUT2D eigenvalue weighted by Crippen LogP contribution is 2.48. The fourth-order valence-corrected chi connectivity index (χ4v) is 4.76. The Morgan fingerprint density at radius 2 is 1.88 bits per heavy atom. The second kappa shape index (κ2) is 7.42. The number of nitrogens with zero attached hydrogens (tertiary/aromatic N) is 1. The molecule has 1 heterocycles. The van der Waals surface area contributed by atoms with Crippen molar-refractivity contribution < 1.29 is 14.3 Å². The maximum Gasteiger partial charge on any atom is 0.306 e. The van der Waals surface area contributed by atoms with Gasteiger partial charge in [-0.25, -0.2) is 0 Å². The number of ether oxygens (including phenoxy) is 1. The molecule has 4 heteroatoms. The van der Waals surface area contributed by atoms with E-state index in [0.29, 0.717) is 19.4 Å². The molecule has 26 heavy (non-hydrogen) atoms. The number of carbonyl (C=O) groups is 2. The van der Waals surface area contributed by atoms with Gasteiger partial charge >= 0.3 is 5.97 Å². The molecule has 142 valence electrons. The van der Waals surface area contributed by atoms with E-state index >= 15 is 0 Å². The van der Waals surface area contributed by atoms with E-state index in [2.05, 4.69) is 17.0 Å². The van der Waals surface area contributed by atoms with E-state index in [0.717, 1.165) is 37.7 Å². The fraction of sp³-hybridized carbons (Fsp3) is 0.636. The lowest BCUT2D eigenvalue weighted by Crippen LogP contribution is -2.56. The molecule has 1 saturated heterocycles. The molecule has 0 aromatic heterocycles. The van der Waals surface area contributed by atoms with Gasteiger partial charge in [0.25, 0.3) is 0 Å². The molecule has 1 spiro atoms. The molecule has 1 saturated carbocycles. The number of hydrogen-bond acceptors (Lipinski definition) is 3. The van der Waals surface area contributed by atoms with E-state index < -0.39 is 5.60 Å². The van der Waals surface area contributed by atoms with Gasteiger partial charge < -0.3 is 9.64 Å². The smallest absolute Gasteiger partial charge is 0.306 e. The van der Waals surface area contributed by atoms with Crippen molar-refractivity contribution in [1.82, 2.24) is 4.90 Å². The summed E-state index contributed by atoms with van der Waals surface area (Å²) in [6.45, 7) is 6.36. The van der Waals surface area contributed by atoms with Crippen LogP contribution in [0, 0.1) is 5.92 Å². The van der Waals surface area contributed by atoms with Gasteiger partial charge in [-0.05, 0) is 57.9 Å². The number of carbonyl (C=O) groups excluding carboxylic acids is 2. The SMILES string of the molecule is CC(C)(C)OC(=O)C[C@@H]1CCC[C@]12CCCC(=O)N2Cc1ccccc1. The van der Waals surface area contributed by atoms with Crippen LogP contribution in [0.4, 0.5) is 0 Å². The molecule has 2 aliphatic rings. The molecule has 1 aliphatic heterocycles. The number of rotatable bonds is 4. The first-order valence-electron chi connectivity index (χ1n) is 9.86. The Morgan fingerprint density at radius 1 is 1.19 bits per heavy atom. The van der Waals surface area contributed by atoms with E-state index in [1.54, 1.807) is 0 Å². The summed E-state index contributed by atoms with van der Waals surface area (Å²) in [6, 6.07) is 10.2. The zero-order valence-electron chi connectivity index (χ0n) is 16.3. The minimum Gasteiger partial charge on any atom is -0.460 e. The zero-order valence-corrected chi connectivity index (χ0v) is 16.3. The van der Waals surface area contributed by atoms with Crippen LogP contribution < -0.4 is 0 Å². The lowest BCUT2D eigenvalue weighted by molar-refractivity contribution is -0.160. The van der Waals surface area contributed by atoms with E-state index in [1.165, 1.54) is 0 Å². The minimum absolute atomic E-state index is 0.138. The topological polar surface area (TPSA) is 46.6 Å². The molecule has 1 aromatic rings. The summed E-state index contributed by atoms with van der Waals surface area (Å²) in [5, 5.41) is 0. The van der Waals surface area contributed by atoms with Crippen LogP contribution in [-0.4, -0.2) is 27.9 Å². The highest BCUT2D eigenvalue weighted by Gasteiger charge is 2.51. The summed E-state index contributed by atoms with van der Waals surface area (Å²) in [5.41, 5.74) is 0.516. The van der Waals surface area contributed by atoms with Gasteiger partial charge in [-0.2, -0.15) is 0 Å². The van der Waals surface area contributed by atoms with Crippen molar-refractivity contribution in [1.29, 1.82) is 0 Å². The van der Waals surface area contributed by atoms with Gasteiger partial charge in [-0.15, -0.1) is 0 Å². The zero-order chi connectivity index (χ0) is 18.8. The van der Waals surface area contributed by atoms with E-state index in [9.17, 15) is 9.59 Å². The quantitative estimate of drug-likeness (QED) is 0.747. The van der Waals surface area contributed by atoms with Crippen molar-refractivity contribution in [3.63, 3.8) is 0 Å². The molecule has 0 unspecified atom stereocenters. The maximum atomic E-state index is 12.8. The number of piperidine rings is 1. The van der Waals surface area contributed by atoms with Crippen molar-refractivity contribution >= 4 is 11.9 Å². The first kappa shape index (κ1) is 18.9. The number of amides is 1. The predicted octanol–water partition coefficient (Wildman–Crippen LogP) is 4.47. The number of likely N-dealkylation sites (tertiary alicyclic amines) is 1. The van der Waals surface area contributed by atoms with Gasteiger partial charge in [0.15, 0.2) is 0 Å². The molecular formula is C22H31NO3. The molecular weight excluding hydrogens is 326 g/mol. The first-order chi connectivity index (χ1) is 12.3. The Bertz CT molecular complexity index is 649. The Hall–Kier alpha value is -1.84. The summed E-state index contributed by atoms with van der Waals surface area (Å²) in [4.78, 5) is 27.4. The monoisotopic (exact) mass is 357 g/mol. The van der Waals surface area contributed by atoms with Crippen molar-refractivity contribution in [3.05, 3.63) is 35.9 Å². The van der Waals surface area contributed by atoms with Crippen LogP contribution in [0.15, 0.2) is 30.3 Å². The normalized spacial score (nSPS) is 26.3. The van der Waals surface area contributed by atoms with Gasteiger partial charge in [-0.3, -0.25) is 9.59 Å². The highest BCUT2D eigenvalue weighted by molar-refractivity contribution is 5.78. The molecule has 3 rings (SSSR count). The standard InChI is InChI=1S/C22H31NO3/c1-21(2,3)26-20(25)15-18-11-7-13-22(18)14-8-12-19(24)23(22)16-17-9-5-4-6-10-17/h4-6,9-10,18H,7-8,11-16H2,1-3H3/t18-,22-/m0/s1. The Kier molecular flexibility index (Phi) is 5.40. The summed E-state index contributed by atoms with van der Waals surface area (Å²) >= 11 is 0. The fourth-order valence-electron chi connectivity index (χ4n) is 4.76. The summed E-state index contributed by atoms with van der Waals surface area (Å²) < 4.78 is 5.57.